The van der Waals surface area contributed by atoms with Crippen LogP contribution in [-0.4, -0.2) is 43.0 Å². The number of nitrogens with zero attached hydrogens (tertiary/aromatic N) is 1. The van der Waals surface area contributed by atoms with Gasteiger partial charge < -0.3 is 9.47 Å². The van der Waals surface area contributed by atoms with Crippen LogP contribution in [0.1, 0.15) is 46.5 Å². The summed E-state index contributed by atoms with van der Waals surface area (Å²) in [6.07, 6.45) is 5.40. The van der Waals surface area contributed by atoms with Crippen molar-refractivity contribution in [2.75, 3.05) is 20.3 Å². The van der Waals surface area contributed by atoms with Gasteiger partial charge in [-0.15, -0.1) is 0 Å². The summed E-state index contributed by atoms with van der Waals surface area (Å²) in [5.41, 5.74) is 0. The van der Waals surface area contributed by atoms with Crippen molar-refractivity contribution in [3.63, 3.8) is 0 Å². The molecule has 1 saturated heterocycles. The van der Waals surface area contributed by atoms with E-state index in [4.69, 9.17) is 9.47 Å². The number of hydrogen-bond donors (Lipinski definition) is 0. The fourth-order valence-electron chi connectivity index (χ4n) is 2.87. The number of likely N-dealkylation sites (N-methyl/N-ethyl adjacent to an activating group) is 1. The molecule has 3 nitrogen and oxygen atoms in total. The van der Waals surface area contributed by atoms with Gasteiger partial charge in [-0.1, -0.05) is 6.92 Å². The molecule has 2 rings (SSSR count). The molecule has 100 valence electrons. The molecule has 17 heavy (non-hydrogen) atoms. The van der Waals surface area contributed by atoms with Gasteiger partial charge in [0.1, 0.15) is 0 Å². The fraction of sp³-hybridized carbons (Fsp3) is 1.00. The molecule has 0 aromatic rings. The van der Waals surface area contributed by atoms with E-state index in [-0.39, 0.29) is 0 Å². The van der Waals surface area contributed by atoms with Crippen LogP contribution in [-0.2, 0) is 9.47 Å². The minimum Gasteiger partial charge on any atom is -0.349 e. The quantitative estimate of drug-likeness (QED) is 0.742. The van der Waals surface area contributed by atoms with Gasteiger partial charge in [-0.2, -0.15) is 0 Å². The second-order valence-electron chi connectivity index (χ2n) is 6.25. The molecule has 0 aromatic heterocycles. The zero-order valence-electron chi connectivity index (χ0n) is 11.7. The molecule has 1 saturated carbocycles. The van der Waals surface area contributed by atoms with Crippen molar-refractivity contribution in [3.8, 4) is 0 Å². The van der Waals surface area contributed by atoms with Gasteiger partial charge in [-0.05, 0) is 52.5 Å². The normalized spacial score (nSPS) is 35.1. The summed E-state index contributed by atoms with van der Waals surface area (Å²) in [7, 11) is 2.23. The van der Waals surface area contributed by atoms with E-state index in [9.17, 15) is 0 Å². The lowest BCUT2D eigenvalue weighted by Crippen LogP contribution is -2.52. The predicted molar refractivity (Wildman–Crippen MR) is 69.0 cm³/mol. The Morgan fingerprint density at radius 3 is 2.00 bits per heavy atom. The second kappa shape index (κ2) is 5.25. The van der Waals surface area contributed by atoms with E-state index in [1.54, 1.807) is 0 Å². The van der Waals surface area contributed by atoms with Crippen molar-refractivity contribution in [2.45, 2.75) is 64.3 Å². The Bertz CT molecular complexity index is 237. The molecule has 0 atom stereocenters. The molecule has 1 aliphatic heterocycles. The van der Waals surface area contributed by atoms with E-state index in [1.807, 2.05) is 13.8 Å². The van der Waals surface area contributed by atoms with E-state index in [0.717, 1.165) is 25.2 Å². The van der Waals surface area contributed by atoms with Crippen molar-refractivity contribution in [3.05, 3.63) is 0 Å². The fourth-order valence-corrected chi connectivity index (χ4v) is 2.87. The Morgan fingerprint density at radius 1 is 0.941 bits per heavy atom. The van der Waals surface area contributed by atoms with Crippen molar-refractivity contribution in [1.29, 1.82) is 0 Å². The second-order valence-corrected chi connectivity index (χ2v) is 6.25. The highest BCUT2D eigenvalue weighted by Gasteiger charge is 2.33. The van der Waals surface area contributed by atoms with Crippen molar-refractivity contribution in [2.24, 2.45) is 5.92 Å². The molecule has 1 heterocycles. The lowest BCUT2D eigenvalue weighted by atomic mass is 9.86. The maximum absolute atomic E-state index is 5.75. The number of hydrogen-bond acceptors (Lipinski definition) is 3. The molecule has 2 fully saturated rings. The average molecular weight is 241 g/mol. The van der Waals surface area contributed by atoms with Crippen LogP contribution in [0.15, 0.2) is 0 Å². The highest BCUT2D eigenvalue weighted by Crippen LogP contribution is 2.29. The zero-order valence-corrected chi connectivity index (χ0v) is 11.7. The Labute approximate surface area is 105 Å². The molecular formula is C14H27NO2. The Kier molecular flexibility index (Phi) is 4.11. The van der Waals surface area contributed by atoms with Crippen molar-refractivity contribution >= 4 is 0 Å². The van der Waals surface area contributed by atoms with Gasteiger partial charge >= 0.3 is 0 Å². The van der Waals surface area contributed by atoms with Gasteiger partial charge in [0.15, 0.2) is 5.79 Å². The standard InChI is InChI=1S/C14H27NO2/c1-11-5-7-12(8-6-11)15(4)13-9-16-14(2,3)17-10-13/h11-13H,5-10H2,1-4H3. The van der Waals surface area contributed by atoms with Crippen molar-refractivity contribution < 1.29 is 9.47 Å². The summed E-state index contributed by atoms with van der Waals surface area (Å²) in [6, 6.07) is 1.16. The third-order valence-corrected chi connectivity index (χ3v) is 4.38. The monoisotopic (exact) mass is 241 g/mol. The largest absolute Gasteiger partial charge is 0.349 e. The van der Waals surface area contributed by atoms with Crippen LogP contribution in [0, 0.1) is 5.92 Å². The third-order valence-electron chi connectivity index (χ3n) is 4.38. The molecule has 0 aromatic carbocycles. The van der Waals surface area contributed by atoms with Crippen LogP contribution in [0.4, 0.5) is 0 Å². The highest BCUT2D eigenvalue weighted by atomic mass is 16.7. The zero-order chi connectivity index (χ0) is 12.5. The van der Waals surface area contributed by atoms with E-state index in [2.05, 4.69) is 18.9 Å². The van der Waals surface area contributed by atoms with Crippen LogP contribution < -0.4 is 0 Å². The van der Waals surface area contributed by atoms with E-state index < -0.39 is 5.79 Å². The van der Waals surface area contributed by atoms with Crippen LogP contribution in [0.2, 0.25) is 0 Å². The first-order chi connectivity index (χ1) is 7.98. The number of ether oxygens (including phenoxy) is 2. The van der Waals surface area contributed by atoms with Crippen LogP contribution in [0.5, 0.6) is 0 Å². The SMILES string of the molecule is CC1CCC(N(C)C2COC(C)(C)OC2)CC1. The predicted octanol–water partition coefficient (Wildman–Crippen LogP) is 2.65. The maximum atomic E-state index is 5.75. The van der Waals surface area contributed by atoms with Gasteiger partial charge in [0.25, 0.3) is 0 Å². The first-order valence-electron chi connectivity index (χ1n) is 6.98. The lowest BCUT2D eigenvalue weighted by Gasteiger charge is -2.43. The van der Waals surface area contributed by atoms with Crippen molar-refractivity contribution in [1.82, 2.24) is 4.90 Å². The van der Waals surface area contributed by atoms with E-state index >= 15 is 0 Å². The van der Waals surface area contributed by atoms with Gasteiger partial charge in [-0.25, -0.2) is 0 Å². The molecular weight excluding hydrogens is 214 g/mol. The smallest absolute Gasteiger partial charge is 0.162 e. The van der Waals surface area contributed by atoms with Crippen LogP contribution in [0.25, 0.3) is 0 Å². The minimum atomic E-state index is -0.390. The highest BCUT2D eigenvalue weighted by molar-refractivity contribution is 4.83. The van der Waals surface area contributed by atoms with Gasteiger partial charge in [0.2, 0.25) is 0 Å². The van der Waals surface area contributed by atoms with Gasteiger partial charge in [-0.3, -0.25) is 4.90 Å². The third kappa shape index (κ3) is 3.43. The molecule has 0 spiro atoms. The first-order valence-corrected chi connectivity index (χ1v) is 6.98. The maximum Gasteiger partial charge on any atom is 0.162 e. The summed E-state index contributed by atoms with van der Waals surface area (Å²) >= 11 is 0. The first kappa shape index (κ1) is 13.3. The molecule has 0 bridgehead atoms. The summed E-state index contributed by atoms with van der Waals surface area (Å²) in [5, 5.41) is 0. The Balaban J connectivity index is 1.82. The summed E-state index contributed by atoms with van der Waals surface area (Å²) < 4.78 is 11.5. The number of rotatable bonds is 2. The lowest BCUT2D eigenvalue weighted by molar-refractivity contribution is -0.264. The average Bonchev–Trinajstić information content (AvgIpc) is 2.29. The molecule has 3 heteroatoms. The molecule has 2 aliphatic rings. The van der Waals surface area contributed by atoms with E-state index in [0.29, 0.717) is 6.04 Å². The molecule has 0 N–H and O–H groups in total. The summed E-state index contributed by atoms with van der Waals surface area (Å²) in [6.45, 7) is 7.95. The van der Waals surface area contributed by atoms with Gasteiger partial charge in [0.05, 0.1) is 19.3 Å². The van der Waals surface area contributed by atoms with E-state index in [1.165, 1.54) is 25.7 Å². The van der Waals surface area contributed by atoms with Crippen LogP contribution in [0.3, 0.4) is 0 Å². The van der Waals surface area contributed by atoms with Crippen LogP contribution >= 0.6 is 0 Å². The Hall–Kier alpha value is -0.120. The molecule has 1 aliphatic carbocycles. The topological polar surface area (TPSA) is 21.7 Å². The minimum absolute atomic E-state index is 0.390. The molecule has 0 radical (unpaired) electrons. The molecule has 0 amide bonds. The van der Waals surface area contributed by atoms with Gasteiger partial charge in [0, 0.05) is 6.04 Å². The Morgan fingerprint density at radius 2 is 1.47 bits per heavy atom. The summed E-state index contributed by atoms with van der Waals surface area (Å²) in [5.74, 6) is 0.524. The summed E-state index contributed by atoms with van der Waals surface area (Å²) in [4.78, 5) is 2.49. The molecule has 0 unspecified atom stereocenters.